The summed E-state index contributed by atoms with van der Waals surface area (Å²) in [5.74, 6) is -1.57. The van der Waals surface area contributed by atoms with Crippen molar-refractivity contribution < 1.29 is 33.8 Å². The van der Waals surface area contributed by atoms with Gasteiger partial charge in [-0.3, -0.25) is 19.3 Å². The highest BCUT2D eigenvalue weighted by atomic mass is 79.9. The first kappa shape index (κ1) is 21.3. The number of benzene rings is 1. The molecule has 3 amide bonds. The number of thioether (sulfide) groups is 1. The summed E-state index contributed by atoms with van der Waals surface area (Å²) in [6.07, 6.45) is 1.54. The molecule has 2 heterocycles. The lowest BCUT2D eigenvalue weighted by molar-refractivity contribution is -0.139. The van der Waals surface area contributed by atoms with Gasteiger partial charge in [0.15, 0.2) is 6.61 Å². The van der Waals surface area contributed by atoms with Crippen LogP contribution in [0.4, 0.5) is 4.79 Å². The standard InChI is InChI=1S/C18H17BrN2O7S/c19-12-7-11(1-2-13(12)28-10-16(23)24)8-14-17(25)21(18(26)29-14)9-15(22)20-3-5-27-6-4-20/h1-2,7-8H,3-6,9-10H2,(H,23,24)/b14-8+. The van der Waals surface area contributed by atoms with Crippen molar-refractivity contribution in [2.24, 2.45) is 0 Å². The molecule has 0 spiro atoms. The molecule has 1 N–H and O–H groups in total. The maximum atomic E-state index is 12.6. The van der Waals surface area contributed by atoms with Crippen LogP contribution in [0.1, 0.15) is 5.56 Å². The number of aliphatic carboxylic acids is 1. The topological polar surface area (TPSA) is 113 Å². The lowest BCUT2D eigenvalue weighted by Gasteiger charge is -2.28. The number of hydrogen-bond donors (Lipinski definition) is 1. The van der Waals surface area contributed by atoms with Gasteiger partial charge in [-0.15, -0.1) is 0 Å². The minimum absolute atomic E-state index is 0.205. The van der Waals surface area contributed by atoms with Crippen molar-refractivity contribution in [1.82, 2.24) is 9.80 Å². The maximum absolute atomic E-state index is 12.6. The average molecular weight is 485 g/mol. The normalized spacial score (nSPS) is 18.4. The summed E-state index contributed by atoms with van der Waals surface area (Å²) in [7, 11) is 0. The molecule has 0 saturated carbocycles. The molecule has 0 aromatic heterocycles. The second-order valence-corrected chi connectivity index (χ2v) is 7.98. The van der Waals surface area contributed by atoms with Gasteiger partial charge in [-0.1, -0.05) is 6.07 Å². The fourth-order valence-corrected chi connectivity index (χ4v) is 4.05. The molecule has 2 saturated heterocycles. The van der Waals surface area contributed by atoms with Gasteiger partial charge in [-0.25, -0.2) is 4.79 Å². The van der Waals surface area contributed by atoms with E-state index in [9.17, 15) is 19.2 Å². The molecule has 2 aliphatic heterocycles. The number of rotatable bonds is 6. The Morgan fingerprint density at radius 3 is 2.66 bits per heavy atom. The van der Waals surface area contributed by atoms with Crippen LogP contribution in [0.15, 0.2) is 27.6 Å². The molecule has 0 aliphatic carbocycles. The predicted octanol–water partition coefficient (Wildman–Crippen LogP) is 1.81. The zero-order chi connectivity index (χ0) is 21.0. The molecule has 2 aliphatic rings. The number of carbonyl (C=O) groups is 4. The largest absolute Gasteiger partial charge is 0.481 e. The number of imide groups is 1. The van der Waals surface area contributed by atoms with E-state index in [1.807, 2.05) is 0 Å². The van der Waals surface area contributed by atoms with E-state index in [0.717, 1.165) is 16.7 Å². The SMILES string of the molecule is O=C(O)COc1ccc(/C=C2/SC(=O)N(CC(=O)N3CCOCC3)C2=O)cc1Br. The number of halogens is 1. The van der Waals surface area contributed by atoms with Gasteiger partial charge in [0.1, 0.15) is 12.3 Å². The molecule has 154 valence electrons. The van der Waals surface area contributed by atoms with Crippen molar-refractivity contribution in [2.75, 3.05) is 39.5 Å². The summed E-state index contributed by atoms with van der Waals surface area (Å²) < 4.78 is 10.8. The Labute approximate surface area is 178 Å². The number of nitrogens with zero attached hydrogens (tertiary/aromatic N) is 2. The lowest BCUT2D eigenvalue weighted by Crippen LogP contribution is -2.46. The average Bonchev–Trinajstić information content (AvgIpc) is 2.95. The number of ether oxygens (including phenoxy) is 2. The van der Waals surface area contributed by atoms with Crippen LogP contribution in [-0.4, -0.2) is 77.4 Å². The monoisotopic (exact) mass is 484 g/mol. The molecule has 1 aromatic carbocycles. The van der Waals surface area contributed by atoms with E-state index in [-0.39, 0.29) is 17.4 Å². The Balaban J connectivity index is 1.68. The summed E-state index contributed by atoms with van der Waals surface area (Å²) in [6.45, 7) is 0.981. The summed E-state index contributed by atoms with van der Waals surface area (Å²) in [6, 6.07) is 4.84. The third-order valence-corrected chi connectivity index (χ3v) is 5.66. The van der Waals surface area contributed by atoms with E-state index in [0.29, 0.717) is 42.1 Å². The third-order valence-electron chi connectivity index (χ3n) is 4.14. The third kappa shape index (κ3) is 5.37. The molecule has 0 atom stereocenters. The minimum atomic E-state index is -1.10. The predicted molar refractivity (Wildman–Crippen MR) is 107 cm³/mol. The molecular weight excluding hydrogens is 468 g/mol. The van der Waals surface area contributed by atoms with Gasteiger partial charge in [-0.05, 0) is 51.5 Å². The van der Waals surface area contributed by atoms with Crippen LogP contribution in [-0.2, 0) is 19.1 Å². The minimum Gasteiger partial charge on any atom is -0.481 e. The van der Waals surface area contributed by atoms with Crippen LogP contribution in [0.2, 0.25) is 0 Å². The van der Waals surface area contributed by atoms with Gasteiger partial charge in [0.05, 0.1) is 22.6 Å². The van der Waals surface area contributed by atoms with Crippen LogP contribution in [0, 0.1) is 0 Å². The van der Waals surface area contributed by atoms with Crippen LogP contribution in [0.5, 0.6) is 5.75 Å². The first-order valence-electron chi connectivity index (χ1n) is 8.60. The Hall–Kier alpha value is -2.37. The van der Waals surface area contributed by atoms with Crippen molar-refractivity contribution in [1.29, 1.82) is 0 Å². The highest BCUT2D eigenvalue weighted by Crippen LogP contribution is 2.34. The number of amides is 3. The van der Waals surface area contributed by atoms with E-state index < -0.39 is 23.7 Å². The van der Waals surface area contributed by atoms with E-state index in [1.165, 1.54) is 6.08 Å². The smallest absolute Gasteiger partial charge is 0.341 e. The molecule has 1 aromatic rings. The first-order chi connectivity index (χ1) is 13.8. The molecular formula is C18H17BrN2O7S. The molecule has 9 nitrogen and oxygen atoms in total. The second-order valence-electron chi connectivity index (χ2n) is 6.13. The van der Waals surface area contributed by atoms with E-state index in [1.54, 1.807) is 23.1 Å². The number of hydrogen-bond acceptors (Lipinski definition) is 7. The highest BCUT2D eigenvalue weighted by Gasteiger charge is 2.37. The van der Waals surface area contributed by atoms with Crippen molar-refractivity contribution in [3.05, 3.63) is 33.1 Å². The van der Waals surface area contributed by atoms with Crippen LogP contribution in [0.25, 0.3) is 6.08 Å². The molecule has 2 fully saturated rings. The summed E-state index contributed by atoms with van der Waals surface area (Å²) in [5.41, 5.74) is 0.615. The number of carboxylic acid groups (broad SMARTS) is 1. The van der Waals surface area contributed by atoms with Crippen LogP contribution in [0.3, 0.4) is 0 Å². The van der Waals surface area contributed by atoms with E-state index >= 15 is 0 Å². The molecule has 0 unspecified atom stereocenters. The summed E-state index contributed by atoms with van der Waals surface area (Å²) in [4.78, 5) is 50.5. The van der Waals surface area contributed by atoms with Gasteiger partial charge in [0.2, 0.25) is 5.91 Å². The second kappa shape index (κ2) is 9.42. The van der Waals surface area contributed by atoms with Gasteiger partial charge >= 0.3 is 5.97 Å². The van der Waals surface area contributed by atoms with Crippen molar-refractivity contribution in [3.63, 3.8) is 0 Å². The quantitative estimate of drug-likeness (QED) is 0.608. The fraction of sp³-hybridized carbons (Fsp3) is 0.333. The fourth-order valence-electron chi connectivity index (χ4n) is 2.70. The Morgan fingerprint density at radius 2 is 2.00 bits per heavy atom. The molecule has 29 heavy (non-hydrogen) atoms. The number of carboxylic acids is 1. The van der Waals surface area contributed by atoms with Crippen molar-refractivity contribution in [2.45, 2.75) is 0 Å². The first-order valence-corrected chi connectivity index (χ1v) is 10.2. The van der Waals surface area contributed by atoms with E-state index in [2.05, 4.69) is 15.9 Å². The molecule has 3 rings (SSSR count). The van der Waals surface area contributed by atoms with Gasteiger partial charge in [0, 0.05) is 13.1 Å². The van der Waals surface area contributed by atoms with Gasteiger partial charge in [0.25, 0.3) is 11.1 Å². The van der Waals surface area contributed by atoms with Crippen LogP contribution < -0.4 is 4.74 Å². The Bertz CT molecular complexity index is 883. The Kier molecular flexibility index (Phi) is 6.93. The molecule has 11 heteroatoms. The van der Waals surface area contributed by atoms with Crippen LogP contribution >= 0.6 is 27.7 Å². The highest BCUT2D eigenvalue weighted by molar-refractivity contribution is 9.10. The number of morpholine rings is 1. The van der Waals surface area contributed by atoms with Crippen molar-refractivity contribution >= 4 is 56.8 Å². The maximum Gasteiger partial charge on any atom is 0.341 e. The van der Waals surface area contributed by atoms with Crippen molar-refractivity contribution in [3.8, 4) is 5.75 Å². The zero-order valence-corrected chi connectivity index (χ0v) is 17.5. The molecule has 0 bridgehead atoms. The Morgan fingerprint density at radius 1 is 1.28 bits per heavy atom. The summed E-state index contributed by atoms with van der Waals surface area (Å²) >= 11 is 4.05. The van der Waals surface area contributed by atoms with Gasteiger partial charge < -0.3 is 19.5 Å². The molecule has 0 radical (unpaired) electrons. The van der Waals surface area contributed by atoms with E-state index in [4.69, 9.17) is 14.6 Å². The summed E-state index contributed by atoms with van der Waals surface area (Å²) in [5, 5.41) is 8.18. The zero-order valence-electron chi connectivity index (χ0n) is 15.1. The van der Waals surface area contributed by atoms with Gasteiger partial charge in [-0.2, -0.15) is 0 Å². The lowest BCUT2D eigenvalue weighted by atomic mass is 10.2. The number of carbonyl (C=O) groups excluding carboxylic acids is 3.